The van der Waals surface area contributed by atoms with Crippen molar-refractivity contribution < 1.29 is 4.79 Å². The molecular weight excluding hydrogens is 444 g/mol. The summed E-state index contributed by atoms with van der Waals surface area (Å²) in [6.07, 6.45) is 5.03. The van der Waals surface area contributed by atoms with E-state index in [1.165, 1.54) is 0 Å². The van der Waals surface area contributed by atoms with Gasteiger partial charge in [-0.25, -0.2) is 4.68 Å². The quantitative estimate of drug-likeness (QED) is 0.474. The maximum Gasteiger partial charge on any atom is 0.254 e. The number of rotatable bonds is 6. The zero-order valence-corrected chi connectivity index (χ0v) is 17.6. The summed E-state index contributed by atoms with van der Waals surface area (Å²) in [5, 5.41) is 7.18. The van der Waals surface area contributed by atoms with Crippen molar-refractivity contribution in [1.29, 1.82) is 0 Å². The van der Waals surface area contributed by atoms with Gasteiger partial charge in [-0.15, -0.1) is 0 Å². The molecule has 1 N–H and O–H groups in total. The van der Waals surface area contributed by atoms with Gasteiger partial charge in [0.15, 0.2) is 0 Å². The average molecular weight is 463 g/mol. The fraction of sp³-hybridized carbons (Fsp3) is 0.0870. The lowest BCUT2D eigenvalue weighted by molar-refractivity contribution is 0.0951. The Balaban J connectivity index is 1.35. The molecule has 0 atom stereocenters. The Hall–Kier alpha value is -3.45. The molecule has 0 aliphatic heterocycles. The monoisotopic (exact) mass is 462 g/mol. The van der Waals surface area contributed by atoms with E-state index >= 15 is 0 Å². The predicted octanol–water partition coefficient (Wildman–Crippen LogP) is 3.77. The normalized spacial score (nSPS) is 10.7. The summed E-state index contributed by atoms with van der Waals surface area (Å²) in [6, 6.07) is 20.6. The molecule has 0 saturated heterocycles. The topological polar surface area (TPSA) is 68.9 Å². The summed E-state index contributed by atoms with van der Waals surface area (Å²) in [7, 11) is 0. The molecule has 6 nitrogen and oxygen atoms in total. The van der Waals surface area contributed by atoms with Gasteiger partial charge in [0.2, 0.25) is 0 Å². The van der Waals surface area contributed by atoms with E-state index in [2.05, 4.69) is 26.3 Å². The standard InChI is InChI=1S/C23H19BrN4O2/c24-20-8-10-21(11-9-20)28-16-19(14-26-28)23(30)25-13-17-4-6-18(7-5-17)15-27-12-2-1-3-22(27)29/h1-12,14,16H,13,15H2,(H,25,30). The molecule has 2 aromatic carbocycles. The van der Waals surface area contributed by atoms with E-state index in [0.717, 1.165) is 21.3 Å². The Kier molecular flexibility index (Phi) is 5.90. The van der Waals surface area contributed by atoms with Crippen molar-refractivity contribution in [2.24, 2.45) is 0 Å². The van der Waals surface area contributed by atoms with Crippen molar-refractivity contribution in [2.75, 3.05) is 0 Å². The lowest BCUT2D eigenvalue weighted by atomic mass is 10.1. The molecule has 0 bridgehead atoms. The number of pyridine rings is 1. The maximum absolute atomic E-state index is 12.5. The Morgan fingerprint density at radius 2 is 1.70 bits per heavy atom. The number of hydrogen-bond acceptors (Lipinski definition) is 3. The van der Waals surface area contributed by atoms with Crippen LogP contribution in [0.25, 0.3) is 5.69 Å². The molecule has 0 fully saturated rings. The van der Waals surface area contributed by atoms with Crippen molar-refractivity contribution in [3.8, 4) is 5.69 Å². The minimum atomic E-state index is -0.182. The summed E-state index contributed by atoms with van der Waals surface area (Å²) < 4.78 is 4.31. The van der Waals surface area contributed by atoms with Gasteiger partial charge in [-0.3, -0.25) is 9.59 Å². The van der Waals surface area contributed by atoms with Crippen LogP contribution in [0.3, 0.4) is 0 Å². The summed E-state index contributed by atoms with van der Waals surface area (Å²) in [5.74, 6) is -0.182. The van der Waals surface area contributed by atoms with Gasteiger partial charge in [0.25, 0.3) is 11.5 Å². The second kappa shape index (κ2) is 8.92. The van der Waals surface area contributed by atoms with Crippen LogP contribution >= 0.6 is 15.9 Å². The van der Waals surface area contributed by atoms with Crippen LogP contribution in [0.5, 0.6) is 0 Å². The van der Waals surface area contributed by atoms with E-state index in [0.29, 0.717) is 18.7 Å². The summed E-state index contributed by atoms with van der Waals surface area (Å²) in [5.41, 5.74) is 3.35. The maximum atomic E-state index is 12.5. The summed E-state index contributed by atoms with van der Waals surface area (Å²) in [4.78, 5) is 24.3. The van der Waals surface area contributed by atoms with Gasteiger partial charge in [-0.05, 0) is 41.5 Å². The highest BCUT2D eigenvalue weighted by Gasteiger charge is 2.09. The molecule has 0 saturated carbocycles. The number of aromatic nitrogens is 3. The van der Waals surface area contributed by atoms with Gasteiger partial charge in [0, 0.05) is 29.5 Å². The van der Waals surface area contributed by atoms with Crippen molar-refractivity contribution in [1.82, 2.24) is 19.7 Å². The third-order valence-electron chi connectivity index (χ3n) is 4.66. The molecule has 0 unspecified atom stereocenters. The predicted molar refractivity (Wildman–Crippen MR) is 119 cm³/mol. The number of carbonyl (C=O) groups excluding carboxylic acids is 1. The van der Waals surface area contributed by atoms with Crippen LogP contribution in [-0.4, -0.2) is 20.3 Å². The van der Waals surface area contributed by atoms with Gasteiger partial charge in [0.05, 0.1) is 24.0 Å². The first-order chi connectivity index (χ1) is 14.6. The molecule has 4 aromatic rings. The highest BCUT2D eigenvalue weighted by atomic mass is 79.9. The van der Waals surface area contributed by atoms with E-state index in [9.17, 15) is 9.59 Å². The van der Waals surface area contributed by atoms with E-state index in [1.807, 2.05) is 54.6 Å². The average Bonchev–Trinajstić information content (AvgIpc) is 3.25. The molecule has 2 heterocycles. The van der Waals surface area contributed by atoms with E-state index in [4.69, 9.17) is 0 Å². The molecule has 0 spiro atoms. The van der Waals surface area contributed by atoms with E-state index in [-0.39, 0.29) is 11.5 Å². The molecule has 1 amide bonds. The van der Waals surface area contributed by atoms with E-state index < -0.39 is 0 Å². The van der Waals surface area contributed by atoms with Gasteiger partial charge in [-0.1, -0.05) is 46.3 Å². The fourth-order valence-corrected chi connectivity index (χ4v) is 3.27. The molecule has 150 valence electrons. The second-order valence-corrected chi connectivity index (χ2v) is 7.73. The third-order valence-corrected chi connectivity index (χ3v) is 5.19. The minimum absolute atomic E-state index is 0.0301. The number of carbonyl (C=O) groups is 1. The van der Waals surface area contributed by atoms with Gasteiger partial charge in [-0.2, -0.15) is 5.10 Å². The number of benzene rings is 2. The van der Waals surface area contributed by atoms with Crippen LogP contribution in [-0.2, 0) is 13.1 Å². The minimum Gasteiger partial charge on any atom is -0.348 e. The first-order valence-electron chi connectivity index (χ1n) is 9.40. The van der Waals surface area contributed by atoms with Crippen LogP contribution in [0, 0.1) is 0 Å². The number of amides is 1. The summed E-state index contributed by atoms with van der Waals surface area (Å²) >= 11 is 3.40. The molecule has 0 aliphatic rings. The molecule has 2 aromatic heterocycles. The van der Waals surface area contributed by atoms with Crippen molar-refractivity contribution in [3.63, 3.8) is 0 Å². The molecule has 0 radical (unpaired) electrons. The van der Waals surface area contributed by atoms with Crippen molar-refractivity contribution in [3.05, 3.63) is 117 Å². The molecule has 30 heavy (non-hydrogen) atoms. The highest BCUT2D eigenvalue weighted by Crippen LogP contribution is 2.14. The van der Waals surface area contributed by atoms with Crippen LogP contribution < -0.4 is 10.9 Å². The van der Waals surface area contributed by atoms with Gasteiger partial charge < -0.3 is 9.88 Å². The van der Waals surface area contributed by atoms with Crippen LogP contribution in [0.1, 0.15) is 21.5 Å². The molecule has 0 aliphatic carbocycles. The van der Waals surface area contributed by atoms with Crippen molar-refractivity contribution >= 4 is 21.8 Å². The number of halogens is 1. The van der Waals surface area contributed by atoms with Crippen molar-refractivity contribution in [2.45, 2.75) is 13.1 Å². The van der Waals surface area contributed by atoms with Gasteiger partial charge in [0.1, 0.15) is 0 Å². The Labute approximate surface area is 181 Å². The van der Waals surface area contributed by atoms with Gasteiger partial charge >= 0.3 is 0 Å². The molecular formula is C23H19BrN4O2. The van der Waals surface area contributed by atoms with E-state index in [1.54, 1.807) is 40.0 Å². The fourth-order valence-electron chi connectivity index (χ4n) is 3.01. The third kappa shape index (κ3) is 4.75. The Bertz CT molecular complexity index is 1210. The zero-order chi connectivity index (χ0) is 20.9. The number of hydrogen-bond donors (Lipinski definition) is 1. The zero-order valence-electron chi connectivity index (χ0n) is 16.0. The Morgan fingerprint density at radius 1 is 0.967 bits per heavy atom. The first-order valence-corrected chi connectivity index (χ1v) is 10.2. The summed E-state index contributed by atoms with van der Waals surface area (Å²) in [6.45, 7) is 0.926. The first kappa shape index (κ1) is 19.8. The van der Waals surface area contributed by atoms with Crippen LogP contribution in [0.15, 0.2) is 94.6 Å². The number of nitrogens with one attached hydrogen (secondary N) is 1. The molecule has 7 heteroatoms. The smallest absolute Gasteiger partial charge is 0.254 e. The van der Waals surface area contributed by atoms with Crippen LogP contribution in [0.4, 0.5) is 0 Å². The number of nitrogens with zero attached hydrogens (tertiary/aromatic N) is 3. The molecule has 4 rings (SSSR count). The lowest BCUT2D eigenvalue weighted by Crippen LogP contribution is -2.22. The SMILES string of the molecule is O=C(NCc1ccc(Cn2ccccc2=O)cc1)c1cnn(-c2ccc(Br)cc2)c1. The second-order valence-electron chi connectivity index (χ2n) is 6.82. The Morgan fingerprint density at radius 3 is 2.43 bits per heavy atom. The van der Waals surface area contributed by atoms with Crippen LogP contribution in [0.2, 0.25) is 0 Å². The lowest BCUT2D eigenvalue weighted by Gasteiger charge is -2.07. The highest BCUT2D eigenvalue weighted by molar-refractivity contribution is 9.10. The largest absolute Gasteiger partial charge is 0.348 e.